The number of methoxy groups -OCH3 is 1. The maximum atomic E-state index is 6.10. The molecule has 1 atom stereocenters. The molecule has 1 aliphatic rings. The van der Waals surface area contributed by atoms with E-state index in [0.29, 0.717) is 13.2 Å². The maximum Gasteiger partial charge on any atom is 0.171 e. The first-order valence-corrected chi connectivity index (χ1v) is 9.90. The van der Waals surface area contributed by atoms with E-state index in [-0.39, 0.29) is 0 Å². The first-order chi connectivity index (χ1) is 13.3. The van der Waals surface area contributed by atoms with E-state index in [1.807, 2.05) is 51.1 Å². The third kappa shape index (κ3) is 5.69. The minimum absolute atomic E-state index is 0.474. The van der Waals surface area contributed by atoms with Crippen LogP contribution >= 0.6 is 0 Å². The van der Waals surface area contributed by atoms with Gasteiger partial charge in [0.2, 0.25) is 0 Å². The molecule has 0 aromatic heterocycles. The monoisotopic (exact) mass is 368 g/mol. The summed E-state index contributed by atoms with van der Waals surface area (Å²) in [7, 11) is 1.73. The molecule has 1 aliphatic carbocycles. The van der Waals surface area contributed by atoms with E-state index in [2.05, 4.69) is 30.3 Å². The van der Waals surface area contributed by atoms with Crippen molar-refractivity contribution >= 4 is 5.57 Å². The fourth-order valence-electron chi connectivity index (χ4n) is 3.28. The van der Waals surface area contributed by atoms with E-state index in [9.17, 15) is 0 Å². The molecule has 1 unspecified atom stereocenters. The first kappa shape index (κ1) is 21.2. The molecule has 0 saturated carbocycles. The summed E-state index contributed by atoms with van der Waals surface area (Å²) in [6, 6.07) is 18.5. The lowest BCUT2D eigenvalue weighted by Gasteiger charge is -2.35. The second kappa shape index (κ2) is 10.9. The van der Waals surface area contributed by atoms with Crippen LogP contribution in [0.15, 0.2) is 60.7 Å². The Balaban J connectivity index is 0.00000126. The van der Waals surface area contributed by atoms with Crippen LogP contribution in [0.3, 0.4) is 0 Å². The summed E-state index contributed by atoms with van der Waals surface area (Å²) in [6.45, 7) is 7.24. The van der Waals surface area contributed by atoms with Crippen LogP contribution in [0.2, 0.25) is 0 Å². The fourth-order valence-corrected chi connectivity index (χ4v) is 3.28. The summed E-state index contributed by atoms with van der Waals surface area (Å²) in [5, 5.41) is 0. The van der Waals surface area contributed by atoms with Crippen LogP contribution in [0.1, 0.15) is 51.2 Å². The molecule has 3 rings (SSSR count). The van der Waals surface area contributed by atoms with Crippen molar-refractivity contribution in [3.8, 4) is 5.75 Å². The molecule has 3 nitrogen and oxygen atoms in total. The summed E-state index contributed by atoms with van der Waals surface area (Å²) in [4.78, 5) is 0. The van der Waals surface area contributed by atoms with Gasteiger partial charge in [0, 0.05) is 32.1 Å². The molecular formula is C24H32O3. The largest absolute Gasteiger partial charge is 0.488 e. The second-order valence-corrected chi connectivity index (χ2v) is 6.25. The van der Waals surface area contributed by atoms with Gasteiger partial charge in [0.15, 0.2) is 5.79 Å². The number of hydrogen-bond acceptors (Lipinski definition) is 3. The second-order valence-electron chi connectivity index (χ2n) is 6.25. The van der Waals surface area contributed by atoms with Gasteiger partial charge in [-0.2, -0.15) is 0 Å². The normalized spacial score (nSPS) is 18.9. The number of para-hydroxylation sites is 1. The minimum atomic E-state index is -0.474. The average Bonchev–Trinajstić information content (AvgIpc) is 2.75. The quantitative estimate of drug-likeness (QED) is 0.542. The van der Waals surface area contributed by atoms with Crippen molar-refractivity contribution in [2.24, 2.45) is 0 Å². The van der Waals surface area contributed by atoms with E-state index < -0.39 is 5.79 Å². The molecule has 0 N–H and O–H groups in total. The lowest BCUT2D eigenvalue weighted by molar-refractivity contribution is -0.222. The minimum Gasteiger partial charge on any atom is -0.488 e. The van der Waals surface area contributed by atoms with Gasteiger partial charge >= 0.3 is 0 Å². The van der Waals surface area contributed by atoms with Crippen molar-refractivity contribution in [2.75, 3.05) is 13.7 Å². The molecule has 0 bridgehead atoms. The van der Waals surface area contributed by atoms with Crippen molar-refractivity contribution in [3.05, 3.63) is 71.8 Å². The Hall–Kier alpha value is -2.10. The van der Waals surface area contributed by atoms with E-state index in [1.165, 1.54) is 16.7 Å². The zero-order chi connectivity index (χ0) is 19.5. The van der Waals surface area contributed by atoms with Gasteiger partial charge in [0.05, 0.1) is 0 Å². The predicted octanol–water partition coefficient (Wildman–Crippen LogP) is 6.24. The van der Waals surface area contributed by atoms with E-state index in [4.69, 9.17) is 14.2 Å². The summed E-state index contributed by atoms with van der Waals surface area (Å²) >= 11 is 0. The average molecular weight is 369 g/mol. The third-order valence-corrected chi connectivity index (χ3v) is 4.68. The topological polar surface area (TPSA) is 27.7 Å². The van der Waals surface area contributed by atoms with Gasteiger partial charge in [-0.25, -0.2) is 0 Å². The lowest BCUT2D eigenvalue weighted by atomic mass is 9.89. The molecule has 146 valence electrons. The predicted molar refractivity (Wildman–Crippen MR) is 112 cm³/mol. The molecule has 27 heavy (non-hydrogen) atoms. The number of benzene rings is 2. The Morgan fingerprint density at radius 2 is 1.67 bits per heavy atom. The van der Waals surface area contributed by atoms with Crippen molar-refractivity contribution < 1.29 is 14.2 Å². The molecule has 0 saturated heterocycles. The molecule has 0 heterocycles. The summed E-state index contributed by atoms with van der Waals surface area (Å²) < 4.78 is 17.6. The third-order valence-electron chi connectivity index (χ3n) is 4.68. The highest BCUT2D eigenvalue weighted by Crippen LogP contribution is 2.38. The van der Waals surface area contributed by atoms with Crippen LogP contribution in [-0.2, 0) is 16.1 Å². The van der Waals surface area contributed by atoms with Gasteiger partial charge < -0.3 is 14.2 Å². The van der Waals surface area contributed by atoms with Crippen LogP contribution in [0.25, 0.3) is 5.57 Å². The SMILES string of the molecule is CC.CCOC1(OC)CC=C(c2ccccc2OCc2ccccc2)CC1. The molecule has 0 radical (unpaired) electrons. The summed E-state index contributed by atoms with van der Waals surface area (Å²) in [6.07, 6.45) is 4.77. The van der Waals surface area contributed by atoms with Gasteiger partial charge in [-0.05, 0) is 30.5 Å². The van der Waals surface area contributed by atoms with Crippen molar-refractivity contribution in [3.63, 3.8) is 0 Å². The fraction of sp³-hybridized carbons (Fsp3) is 0.417. The molecule has 0 aliphatic heterocycles. The van der Waals surface area contributed by atoms with Crippen LogP contribution in [0.5, 0.6) is 5.75 Å². The number of ether oxygens (including phenoxy) is 3. The molecular weight excluding hydrogens is 336 g/mol. The molecule has 3 heteroatoms. The highest BCUT2D eigenvalue weighted by molar-refractivity contribution is 5.71. The Labute approximate surface area is 164 Å². The molecule has 0 amide bonds. The highest BCUT2D eigenvalue weighted by Gasteiger charge is 2.33. The Morgan fingerprint density at radius 3 is 2.30 bits per heavy atom. The summed E-state index contributed by atoms with van der Waals surface area (Å²) in [5.74, 6) is 0.455. The zero-order valence-electron chi connectivity index (χ0n) is 17.0. The number of allylic oxidation sites excluding steroid dienone is 1. The van der Waals surface area contributed by atoms with Gasteiger partial charge in [0.25, 0.3) is 0 Å². The molecule has 2 aromatic carbocycles. The van der Waals surface area contributed by atoms with E-state index in [1.54, 1.807) is 7.11 Å². The summed E-state index contributed by atoms with van der Waals surface area (Å²) in [5.41, 5.74) is 3.64. The van der Waals surface area contributed by atoms with Crippen LogP contribution in [0, 0.1) is 0 Å². The van der Waals surface area contributed by atoms with Gasteiger partial charge in [-0.3, -0.25) is 0 Å². The Morgan fingerprint density at radius 1 is 0.963 bits per heavy atom. The Kier molecular flexibility index (Phi) is 8.56. The smallest absolute Gasteiger partial charge is 0.171 e. The van der Waals surface area contributed by atoms with Gasteiger partial charge in [0.1, 0.15) is 12.4 Å². The van der Waals surface area contributed by atoms with Crippen LogP contribution in [0.4, 0.5) is 0 Å². The highest BCUT2D eigenvalue weighted by atomic mass is 16.7. The first-order valence-electron chi connectivity index (χ1n) is 9.90. The van der Waals surface area contributed by atoms with Gasteiger partial charge in [-0.1, -0.05) is 68.5 Å². The van der Waals surface area contributed by atoms with Crippen molar-refractivity contribution in [1.82, 2.24) is 0 Å². The Bertz CT molecular complexity index is 709. The van der Waals surface area contributed by atoms with E-state index in [0.717, 1.165) is 25.0 Å². The number of rotatable bonds is 7. The maximum absolute atomic E-state index is 6.10. The van der Waals surface area contributed by atoms with Crippen LogP contribution in [-0.4, -0.2) is 19.5 Å². The standard InChI is InChI=1S/C22H26O3.C2H6/c1-3-25-22(23-2)15-13-19(14-16-22)20-11-7-8-12-21(20)24-17-18-9-5-4-6-10-18;1-2/h4-13H,3,14-17H2,1-2H3;1-2H3. The molecule has 2 aromatic rings. The van der Waals surface area contributed by atoms with Crippen molar-refractivity contribution in [2.45, 2.75) is 52.4 Å². The number of hydrogen-bond donors (Lipinski definition) is 0. The van der Waals surface area contributed by atoms with E-state index >= 15 is 0 Å². The molecule has 0 fully saturated rings. The lowest BCUT2D eigenvalue weighted by Crippen LogP contribution is -2.36. The zero-order valence-corrected chi connectivity index (χ0v) is 17.0. The molecule has 0 spiro atoms. The van der Waals surface area contributed by atoms with Gasteiger partial charge in [-0.15, -0.1) is 0 Å². The van der Waals surface area contributed by atoms with Crippen LogP contribution < -0.4 is 4.74 Å². The van der Waals surface area contributed by atoms with Crippen molar-refractivity contribution in [1.29, 1.82) is 0 Å².